The molecule has 0 bridgehead atoms. The fourth-order valence-corrected chi connectivity index (χ4v) is 1.91. The van der Waals surface area contributed by atoms with Crippen LogP contribution in [0.5, 0.6) is 0 Å². The highest BCUT2D eigenvalue weighted by atomic mass is 16.3. The van der Waals surface area contributed by atoms with Gasteiger partial charge in [-0.25, -0.2) is 4.98 Å². The minimum Gasteiger partial charge on any atom is -0.388 e. The van der Waals surface area contributed by atoms with Gasteiger partial charge in [-0.2, -0.15) is 0 Å². The number of imidazole rings is 1. The van der Waals surface area contributed by atoms with E-state index in [-0.39, 0.29) is 6.10 Å². The summed E-state index contributed by atoms with van der Waals surface area (Å²) >= 11 is 0. The summed E-state index contributed by atoms with van der Waals surface area (Å²) in [5.74, 6) is 1.01. The van der Waals surface area contributed by atoms with Gasteiger partial charge in [0.15, 0.2) is 0 Å². The molecule has 17 heavy (non-hydrogen) atoms. The molecule has 0 saturated carbocycles. The number of aryl methyl sites for hydroxylation is 1. The number of hydrogen-bond acceptors (Lipinski definition) is 2. The topological polar surface area (TPSA) is 43.0 Å². The molecule has 2 aromatic rings. The number of aliphatic hydroxyl groups is 1. The molecule has 1 unspecified atom stereocenters. The molecule has 2 rings (SSSR count). The third-order valence-electron chi connectivity index (χ3n) is 2.97. The van der Waals surface area contributed by atoms with Crippen molar-refractivity contribution < 1.29 is 5.11 Å². The van der Waals surface area contributed by atoms with Gasteiger partial charge in [-0.1, -0.05) is 13.3 Å². The van der Waals surface area contributed by atoms with E-state index in [0.29, 0.717) is 0 Å². The third-order valence-corrected chi connectivity index (χ3v) is 2.97. The molecule has 0 amide bonds. The molecule has 92 valence electrons. The molecule has 0 radical (unpaired) electrons. The Morgan fingerprint density at radius 1 is 1.41 bits per heavy atom. The average Bonchev–Trinajstić information content (AvgIpc) is 2.90. The fraction of sp³-hybridized carbons (Fsp3) is 0.462. The van der Waals surface area contributed by atoms with Gasteiger partial charge >= 0.3 is 0 Å². The van der Waals surface area contributed by atoms with Crippen LogP contribution >= 0.6 is 0 Å². The second-order valence-corrected chi connectivity index (χ2v) is 4.38. The van der Waals surface area contributed by atoms with Crippen molar-refractivity contribution in [1.82, 2.24) is 14.1 Å². The Balaban J connectivity index is 2.06. The molecule has 1 N–H and O–H groups in total. The zero-order chi connectivity index (χ0) is 12.3. The van der Waals surface area contributed by atoms with Crippen LogP contribution in [0.2, 0.25) is 0 Å². The second kappa shape index (κ2) is 5.19. The van der Waals surface area contributed by atoms with E-state index < -0.39 is 0 Å². The lowest BCUT2D eigenvalue weighted by molar-refractivity contribution is 0.166. The van der Waals surface area contributed by atoms with E-state index in [4.69, 9.17) is 0 Å². The highest BCUT2D eigenvalue weighted by molar-refractivity contribution is 5.14. The van der Waals surface area contributed by atoms with Crippen molar-refractivity contribution in [2.24, 2.45) is 7.05 Å². The Morgan fingerprint density at radius 3 is 2.88 bits per heavy atom. The molecule has 1 atom stereocenters. The molecule has 0 fully saturated rings. The zero-order valence-corrected chi connectivity index (χ0v) is 10.4. The first-order valence-corrected chi connectivity index (χ1v) is 6.00. The maximum Gasteiger partial charge on any atom is 0.128 e. The number of aromatic nitrogens is 3. The smallest absolute Gasteiger partial charge is 0.128 e. The van der Waals surface area contributed by atoms with Crippen LogP contribution in [0, 0.1) is 0 Å². The molecule has 0 aliphatic heterocycles. The molecule has 0 aliphatic carbocycles. The highest BCUT2D eigenvalue weighted by Crippen LogP contribution is 2.18. The molecular weight excluding hydrogens is 214 g/mol. The number of nitrogens with zero attached hydrogens (tertiary/aromatic N) is 3. The van der Waals surface area contributed by atoms with Gasteiger partial charge in [0.05, 0.1) is 12.6 Å². The summed E-state index contributed by atoms with van der Waals surface area (Å²) in [5.41, 5.74) is 0.987. The van der Waals surface area contributed by atoms with Crippen molar-refractivity contribution in [3.8, 4) is 0 Å². The Kier molecular flexibility index (Phi) is 3.64. The van der Waals surface area contributed by atoms with Gasteiger partial charge in [-0.3, -0.25) is 0 Å². The van der Waals surface area contributed by atoms with E-state index in [0.717, 1.165) is 30.8 Å². The SMILES string of the molecule is CCCC(O)c1ccn(Cc2nccn2C)c1. The summed E-state index contributed by atoms with van der Waals surface area (Å²) in [6.07, 6.45) is 9.18. The second-order valence-electron chi connectivity index (χ2n) is 4.38. The Morgan fingerprint density at radius 2 is 2.24 bits per heavy atom. The average molecular weight is 233 g/mol. The van der Waals surface area contributed by atoms with Crippen molar-refractivity contribution in [2.45, 2.75) is 32.4 Å². The molecule has 0 saturated heterocycles. The van der Waals surface area contributed by atoms with Crippen LogP contribution in [0.3, 0.4) is 0 Å². The Hall–Kier alpha value is -1.55. The predicted molar refractivity (Wildman–Crippen MR) is 66.6 cm³/mol. The predicted octanol–water partition coefficient (Wildman–Crippen LogP) is 2.10. The van der Waals surface area contributed by atoms with Crippen molar-refractivity contribution in [3.05, 3.63) is 42.2 Å². The molecule has 4 nitrogen and oxygen atoms in total. The Labute approximate surface area is 102 Å². The van der Waals surface area contributed by atoms with Crippen LogP contribution in [-0.4, -0.2) is 19.2 Å². The van der Waals surface area contributed by atoms with Crippen LogP contribution in [0.15, 0.2) is 30.9 Å². The van der Waals surface area contributed by atoms with Crippen molar-refractivity contribution >= 4 is 0 Å². The minimum absolute atomic E-state index is 0.345. The van der Waals surface area contributed by atoms with Gasteiger partial charge in [-0.05, 0) is 18.1 Å². The first kappa shape index (κ1) is 11.9. The minimum atomic E-state index is -0.345. The van der Waals surface area contributed by atoms with Crippen LogP contribution in [0.4, 0.5) is 0 Å². The zero-order valence-electron chi connectivity index (χ0n) is 10.4. The van der Waals surface area contributed by atoms with Gasteiger partial charge < -0.3 is 14.2 Å². The maximum atomic E-state index is 9.88. The lowest BCUT2D eigenvalue weighted by Gasteiger charge is -2.06. The monoisotopic (exact) mass is 233 g/mol. The van der Waals surface area contributed by atoms with Crippen molar-refractivity contribution in [2.75, 3.05) is 0 Å². The fourth-order valence-electron chi connectivity index (χ4n) is 1.91. The highest BCUT2D eigenvalue weighted by Gasteiger charge is 2.08. The van der Waals surface area contributed by atoms with Crippen LogP contribution in [-0.2, 0) is 13.6 Å². The lowest BCUT2D eigenvalue weighted by atomic mass is 10.1. The standard InChI is InChI=1S/C13H19N3O/c1-3-4-12(17)11-5-7-16(9-11)10-13-14-6-8-15(13)2/h5-9,12,17H,3-4,10H2,1-2H3. The van der Waals surface area contributed by atoms with Crippen molar-refractivity contribution in [3.63, 3.8) is 0 Å². The van der Waals surface area contributed by atoms with Gasteiger partial charge in [-0.15, -0.1) is 0 Å². The van der Waals surface area contributed by atoms with E-state index in [1.807, 2.05) is 36.3 Å². The largest absolute Gasteiger partial charge is 0.388 e. The Bertz CT molecular complexity index is 472. The molecule has 0 aliphatic rings. The van der Waals surface area contributed by atoms with E-state index in [9.17, 15) is 5.11 Å². The maximum absolute atomic E-state index is 9.88. The summed E-state index contributed by atoms with van der Waals surface area (Å²) in [6.45, 7) is 2.82. The summed E-state index contributed by atoms with van der Waals surface area (Å²) in [6, 6.07) is 1.98. The summed E-state index contributed by atoms with van der Waals surface area (Å²) in [4.78, 5) is 4.28. The molecule has 0 aromatic carbocycles. The molecule has 2 heterocycles. The van der Waals surface area contributed by atoms with Crippen LogP contribution in [0.25, 0.3) is 0 Å². The van der Waals surface area contributed by atoms with Gasteiger partial charge in [0.1, 0.15) is 5.82 Å². The van der Waals surface area contributed by atoms with Gasteiger partial charge in [0.2, 0.25) is 0 Å². The van der Waals surface area contributed by atoms with Crippen LogP contribution < -0.4 is 0 Å². The number of rotatable bonds is 5. The first-order chi connectivity index (χ1) is 8.20. The normalized spacial score (nSPS) is 12.9. The van der Waals surface area contributed by atoms with Crippen LogP contribution in [0.1, 0.15) is 37.3 Å². The lowest BCUT2D eigenvalue weighted by Crippen LogP contribution is -2.04. The van der Waals surface area contributed by atoms with Crippen molar-refractivity contribution in [1.29, 1.82) is 0 Å². The third kappa shape index (κ3) is 2.77. The molecular formula is C13H19N3O. The van der Waals surface area contributed by atoms with Gasteiger partial charge in [0, 0.05) is 31.8 Å². The van der Waals surface area contributed by atoms with E-state index >= 15 is 0 Å². The summed E-state index contributed by atoms with van der Waals surface area (Å²) in [7, 11) is 1.98. The summed E-state index contributed by atoms with van der Waals surface area (Å²) in [5, 5.41) is 9.88. The number of aliphatic hydroxyl groups excluding tert-OH is 1. The van der Waals surface area contributed by atoms with E-state index in [2.05, 4.69) is 16.5 Å². The number of hydrogen-bond donors (Lipinski definition) is 1. The first-order valence-electron chi connectivity index (χ1n) is 6.00. The van der Waals surface area contributed by atoms with E-state index in [1.54, 1.807) is 6.20 Å². The molecule has 2 aromatic heterocycles. The van der Waals surface area contributed by atoms with Gasteiger partial charge in [0.25, 0.3) is 0 Å². The summed E-state index contributed by atoms with van der Waals surface area (Å²) < 4.78 is 4.05. The molecule has 0 spiro atoms. The molecule has 4 heteroatoms. The quantitative estimate of drug-likeness (QED) is 0.859. The van der Waals surface area contributed by atoms with E-state index in [1.165, 1.54) is 0 Å².